The number of benzene rings is 2. The number of Topliss-reactive ketones (excluding diaryl/α,β-unsaturated/α-hetero) is 1. The maximum atomic E-state index is 13.7. The molecule has 0 amide bonds. The number of carbonyl (C=O) groups excluding carboxylic acids is 2. The first kappa shape index (κ1) is 26.1. The van der Waals surface area contributed by atoms with Gasteiger partial charge in [-0.3, -0.25) is 9.69 Å². The number of likely N-dealkylation sites (tertiary alicyclic amines) is 1. The van der Waals surface area contributed by atoms with Gasteiger partial charge in [-0.25, -0.2) is 4.79 Å². The van der Waals surface area contributed by atoms with Gasteiger partial charge in [0.25, 0.3) is 0 Å². The van der Waals surface area contributed by atoms with Crippen LogP contribution in [-0.2, 0) is 9.53 Å². The minimum Gasteiger partial charge on any atom is -1.00 e. The van der Waals surface area contributed by atoms with Crippen molar-refractivity contribution in [3.8, 4) is 0 Å². The van der Waals surface area contributed by atoms with Gasteiger partial charge in [0.1, 0.15) is 19.1 Å². The highest BCUT2D eigenvalue weighted by molar-refractivity contribution is 5.97. The van der Waals surface area contributed by atoms with E-state index in [2.05, 4.69) is 11.8 Å². The molecule has 4 aliphatic heterocycles. The van der Waals surface area contributed by atoms with E-state index in [9.17, 15) is 9.59 Å². The summed E-state index contributed by atoms with van der Waals surface area (Å²) in [4.78, 5) is 29.0. The number of piperidine rings is 4. The molecule has 6 heteroatoms. The van der Waals surface area contributed by atoms with Crippen LogP contribution >= 0.6 is 0 Å². The van der Waals surface area contributed by atoms with Crippen molar-refractivity contribution in [3.05, 3.63) is 71.8 Å². The second kappa shape index (κ2) is 11.4. The second-order valence-electron chi connectivity index (χ2n) is 10.8. The van der Waals surface area contributed by atoms with Crippen LogP contribution in [0, 0.1) is 11.8 Å². The number of ketones is 1. The number of hydrogen-bond acceptors (Lipinski definition) is 4. The van der Waals surface area contributed by atoms with E-state index in [4.69, 9.17) is 4.74 Å². The molecule has 2 aromatic carbocycles. The molecule has 0 unspecified atom stereocenters. The third-order valence-electron chi connectivity index (χ3n) is 8.41. The first-order chi connectivity index (χ1) is 16.5. The summed E-state index contributed by atoms with van der Waals surface area (Å²) in [5.74, 6) is 1.19. The Kier molecular flexibility index (Phi) is 8.46. The van der Waals surface area contributed by atoms with Crippen molar-refractivity contribution in [1.82, 2.24) is 4.90 Å². The van der Waals surface area contributed by atoms with Crippen molar-refractivity contribution >= 4 is 11.8 Å². The van der Waals surface area contributed by atoms with Crippen molar-refractivity contribution in [3.63, 3.8) is 0 Å². The van der Waals surface area contributed by atoms with Crippen molar-refractivity contribution in [2.24, 2.45) is 11.8 Å². The molecule has 4 fully saturated rings. The fraction of sp³-hybridized carbons (Fsp3) is 0.517. The Morgan fingerprint density at radius 3 is 2.17 bits per heavy atom. The van der Waals surface area contributed by atoms with Crippen molar-refractivity contribution in [2.75, 3.05) is 39.3 Å². The van der Waals surface area contributed by atoms with Crippen LogP contribution in [0.4, 0.5) is 0 Å². The van der Waals surface area contributed by atoms with Gasteiger partial charge >= 0.3 is 5.97 Å². The Labute approximate surface area is 219 Å². The molecule has 4 saturated heterocycles. The normalized spacial score (nSPS) is 27.6. The molecule has 0 saturated carbocycles. The molecule has 2 aromatic rings. The monoisotopic (exact) mass is 540 g/mol. The second-order valence-corrected chi connectivity index (χ2v) is 10.8. The highest BCUT2D eigenvalue weighted by Gasteiger charge is 2.49. The summed E-state index contributed by atoms with van der Waals surface area (Å²) in [5.41, 5.74) is 1.80. The lowest BCUT2D eigenvalue weighted by Crippen LogP contribution is -3.00. The largest absolute Gasteiger partial charge is 1.00 e. The highest BCUT2D eigenvalue weighted by Crippen LogP contribution is 2.37. The van der Waals surface area contributed by atoms with E-state index in [-0.39, 0.29) is 40.9 Å². The molecule has 6 rings (SSSR count). The summed E-state index contributed by atoms with van der Waals surface area (Å²) in [5, 5.41) is 0. The molecule has 4 aliphatic rings. The quantitative estimate of drug-likeness (QED) is 0.303. The summed E-state index contributed by atoms with van der Waals surface area (Å²) < 4.78 is 7.08. The molecule has 2 bridgehead atoms. The molecular formula is C29H37BrN2O3. The molecule has 5 nitrogen and oxygen atoms in total. The van der Waals surface area contributed by atoms with E-state index < -0.39 is 0 Å². The molecule has 35 heavy (non-hydrogen) atoms. The van der Waals surface area contributed by atoms with Gasteiger partial charge in [0.2, 0.25) is 5.78 Å². The average Bonchev–Trinajstić information content (AvgIpc) is 2.87. The third-order valence-corrected chi connectivity index (χ3v) is 8.41. The summed E-state index contributed by atoms with van der Waals surface area (Å²) in [7, 11) is 0. The summed E-state index contributed by atoms with van der Waals surface area (Å²) >= 11 is 0. The van der Waals surface area contributed by atoms with Crippen LogP contribution in [0.2, 0.25) is 0 Å². The molecule has 2 atom stereocenters. The smallest absolute Gasteiger partial charge is 0.328 e. The summed E-state index contributed by atoms with van der Waals surface area (Å²) in [6.45, 7) is 7.41. The third kappa shape index (κ3) is 5.87. The van der Waals surface area contributed by atoms with Gasteiger partial charge in [0.15, 0.2) is 6.10 Å². The molecule has 0 aromatic heterocycles. The molecule has 0 N–H and O–H groups in total. The zero-order chi connectivity index (χ0) is 23.5. The Balaban J connectivity index is 0.00000289. The van der Waals surface area contributed by atoms with Crippen molar-refractivity contribution in [2.45, 2.75) is 44.8 Å². The van der Waals surface area contributed by atoms with Gasteiger partial charge in [-0.1, -0.05) is 67.6 Å². The van der Waals surface area contributed by atoms with Crippen molar-refractivity contribution < 1.29 is 35.8 Å². The molecule has 188 valence electrons. The number of esters is 1. The number of fused-ring (bicyclic) bond motifs is 3. The number of hydrogen-bond donors (Lipinski definition) is 0. The SMILES string of the molecule is CC1CCN([C@H](C(=O)O[C@H]2C[N+]3(CC(=O)c4ccccc4)CCC2CC3)c2ccccc2)CC1.[Br-]. The Bertz CT molecular complexity index is 984. The number of halogens is 1. The summed E-state index contributed by atoms with van der Waals surface area (Å²) in [6, 6.07) is 19.3. The lowest BCUT2D eigenvalue weighted by atomic mass is 9.82. The van der Waals surface area contributed by atoms with E-state index in [0.29, 0.717) is 18.4 Å². The lowest BCUT2D eigenvalue weighted by Gasteiger charge is -2.51. The van der Waals surface area contributed by atoms with Gasteiger partial charge < -0.3 is 26.2 Å². The maximum Gasteiger partial charge on any atom is 0.328 e. The summed E-state index contributed by atoms with van der Waals surface area (Å²) in [6.07, 6.45) is 4.18. The first-order valence-corrected chi connectivity index (χ1v) is 13.0. The predicted molar refractivity (Wildman–Crippen MR) is 132 cm³/mol. The van der Waals surface area contributed by atoms with Crippen LogP contribution in [-0.4, -0.2) is 66.5 Å². The van der Waals surface area contributed by atoms with Gasteiger partial charge in [0.05, 0.1) is 13.1 Å². The number of carbonyl (C=O) groups is 2. The Morgan fingerprint density at radius 1 is 0.943 bits per heavy atom. The van der Waals surface area contributed by atoms with E-state index in [1.807, 2.05) is 60.7 Å². The topological polar surface area (TPSA) is 46.6 Å². The standard InChI is InChI=1S/C29H37N2O3.BrH/c1-22-12-16-30(17-13-22)28(25-10-6-3-7-11-25)29(33)34-27-21-31(18-14-24(27)15-19-31)20-26(32)23-8-4-2-5-9-23;/h2-11,22,24,27-28H,12-21H2,1H3;1H/q+1;/p-1/t24?,27-,28-,31?;/m0./s1. The van der Waals surface area contributed by atoms with Crippen LogP contribution < -0.4 is 17.0 Å². The fourth-order valence-corrected chi connectivity index (χ4v) is 6.23. The minimum atomic E-state index is -0.344. The van der Waals surface area contributed by atoms with Gasteiger partial charge in [-0.15, -0.1) is 0 Å². The molecule has 0 aliphatic carbocycles. The lowest BCUT2D eigenvalue weighted by molar-refractivity contribution is -0.938. The van der Waals surface area contributed by atoms with Crippen LogP contribution in [0.1, 0.15) is 54.6 Å². The molecular weight excluding hydrogens is 504 g/mol. The van der Waals surface area contributed by atoms with Crippen molar-refractivity contribution in [1.29, 1.82) is 0 Å². The van der Waals surface area contributed by atoms with Crippen LogP contribution in [0.15, 0.2) is 60.7 Å². The highest BCUT2D eigenvalue weighted by atomic mass is 79.9. The predicted octanol–water partition coefficient (Wildman–Crippen LogP) is 1.50. The maximum absolute atomic E-state index is 13.7. The van der Waals surface area contributed by atoms with Gasteiger partial charge in [-0.2, -0.15) is 0 Å². The zero-order valence-electron chi connectivity index (χ0n) is 20.7. The first-order valence-electron chi connectivity index (χ1n) is 13.0. The number of rotatable bonds is 7. The number of nitrogens with zero attached hydrogens (tertiary/aromatic N) is 2. The van der Waals surface area contributed by atoms with Crippen LogP contribution in [0.5, 0.6) is 0 Å². The van der Waals surface area contributed by atoms with E-state index in [1.54, 1.807) is 0 Å². The van der Waals surface area contributed by atoms with Gasteiger partial charge in [-0.05, 0) is 37.4 Å². The van der Waals surface area contributed by atoms with E-state index >= 15 is 0 Å². The molecule has 4 heterocycles. The number of quaternary nitrogens is 1. The minimum absolute atomic E-state index is 0. The van der Waals surface area contributed by atoms with Gasteiger partial charge in [0, 0.05) is 24.3 Å². The zero-order valence-corrected chi connectivity index (χ0v) is 22.2. The Hall–Kier alpha value is -2.02. The molecule has 0 spiro atoms. The van der Waals surface area contributed by atoms with E-state index in [0.717, 1.165) is 74.0 Å². The van der Waals surface area contributed by atoms with Crippen LogP contribution in [0.25, 0.3) is 0 Å². The van der Waals surface area contributed by atoms with Crippen LogP contribution in [0.3, 0.4) is 0 Å². The number of ether oxygens (including phenoxy) is 1. The van der Waals surface area contributed by atoms with E-state index in [1.165, 1.54) is 0 Å². The Morgan fingerprint density at radius 2 is 1.54 bits per heavy atom. The fourth-order valence-electron chi connectivity index (χ4n) is 6.23. The average molecular weight is 542 g/mol. The molecule has 0 radical (unpaired) electrons.